The Labute approximate surface area is 117 Å². The first-order valence-corrected chi connectivity index (χ1v) is 7.12. The van der Waals surface area contributed by atoms with Gasteiger partial charge in [-0.05, 0) is 24.1 Å². The molecule has 0 radical (unpaired) electrons. The van der Waals surface area contributed by atoms with Crippen molar-refractivity contribution < 1.29 is 9.90 Å². The largest absolute Gasteiger partial charge is 0.481 e. The van der Waals surface area contributed by atoms with E-state index in [1.165, 1.54) is 5.56 Å². The summed E-state index contributed by atoms with van der Waals surface area (Å²) < 4.78 is 0. The van der Waals surface area contributed by atoms with Crippen LogP contribution < -0.4 is 0 Å². The fourth-order valence-corrected chi connectivity index (χ4v) is 2.88. The molecular weight excluding hydrogens is 256 g/mol. The van der Waals surface area contributed by atoms with E-state index in [1.54, 1.807) is 11.8 Å². The minimum absolute atomic E-state index is 0.0821. The lowest BCUT2D eigenvalue weighted by Gasteiger charge is -2.09. The second kappa shape index (κ2) is 6.43. The number of aliphatic carboxylic acids is 1. The number of benzene rings is 2. The van der Waals surface area contributed by atoms with Gasteiger partial charge >= 0.3 is 5.97 Å². The molecule has 0 bridgehead atoms. The first-order valence-electron chi connectivity index (χ1n) is 6.13. The average Bonchev–Trinajstić information content (AvgIpc) is 2.38. The van der Waals surface area contributed by atoms with Crippen LogP contribution >= 0.6 is 11.8 Å². The van der Waals surface area contributed by atoms with Crippen LogP contribution in [0, 0.1) is 6.92 Å². The van der Waals surface area contributed by atoms with Gasteiger partial charge in [-0.1, -0.05) is 48.0 Å². The Hall–Kier alpha value is -1.74. The number of hydrogen-bond acceptors (Lipinski definition) is 2. The fourth-order valence-electron chi connectivity index (χ4n) is 1.89. The topological polar surface area (TPSA) is 37.3 Å². The maximum absolute atomic E-state index is 10.9. The van der Waals surface area contributed by atoms with Gasteiger partial charge in [0, 0.05) is 10.6 Å². The van der Waals surface area contributed by atoms with Crippen LogP contribution in [0.15, 0.2) is 53.4 Å². The highest BCUT2D eigenvalue weighted by molar-refractivity contribution is 7.98. The number of carboxylic acid groups (broad SMARTS) is 1. The molecule has 0 fully saturated rings. The quantitative estimate of drug-likeness (QED) is 0.838. The normalized spacial score (nSPS) is 10.4. The van der Waals surface area contributed by atoms with Crippen LogP contribution in [0.25, 0.3) is 0 Å². The smallest absolute Gasteiger partial charge is 0.307 e. The average molecular weight is 272 g/mol. The van der Waals surface area contributed by atoms with Crippen LogP contribution in [0.3, 0.4) is 0 Å². The highest BCUT2D eigenvalue weighted by Crippen LogP contribution is 2.27. The first-order chi connectivity index (χ1) is 9.15. The Bertz CT molecular complexity index is 564. The number of carboxylic acids is 1. The monoisotopic (exact) mass is 272 g/mol. The van der Waals surface area contributed by atoms with Gasteiger partial charge in [0.05, 0.1) is 6.42 Å². The molecule has 0 aliphatic heterocycles. The van der Waals surface area contributed by atoms with Crippen LogP contribution in [0.1, 0.15) is 16.7 Å². The third-order valence-corrected chi connectivity index (χ3v) is 3.98. The Morgan fingerprint density at radius 3 is 2.58 bits per heavy atom. The van der Waals surface area contributed by atoms with Crippen molar-refractivity contribution in [1.29, 1.82) is 0 Å². The van der Waals surface area contributed by atoms with E-state index in [2.05, 4.69) is 12.1 Å². The number of carbonyl (C=O) groups is 1. The predicted molar refractivity (Wildman–Crippen MR) is 78.5 cm³/mol. The highest BCUT2D eigenvalue weighted by Gasteiger charge is 2.08. The molecule has 0 unspecified atom stereocenters. The van der Waals surface area contributed by atoms with Gasteiger partial charge < -0.3 is 5.11 Å². The molecule has 98 valence electrons. The van der Waals surface area contributed by atoms with E-state index in [4.69, 9.17) is 5.11 Å². The molecule has 0 atom stereocenters. The molecule has 0 heterocycles. The van der Waals surface area contributed by atoms with Gasteiger partial charge in [-0.3, -0.25) is 4.79 Å². The fraction of sp³-hybridized carbons (Fsp3) is 0.188. The van der Waals surface area contributed by atoms with Crippen molar-refractivity contribution in [3.05, 3.63) is 65.2 Å². The van der Waals surface area contributed by atoms with Crippen molar-refractivity contribution in [2.45, 2.75) is 24.0 Å². The summed E-state index contributed by atoms with van der Waals surface area (Å²) in [5, 5.41) is 8.96. The summed E-state index contributed by atoms with van der Waals surface area (Å²) in [5.41, 5.74) is 3.24. The number of aryl methyl sites for hydroxylation is 1. The number of thioether (sulfide) groups is 1. The number of hydrogen-bond donors (Lipinski definition) is 1. The van der Waals surface area contributed by atoms with Crippen molar-refractivity contribution in [2.24, 2.45) is 0 Å². The number of rotatable bonds is 5. The highest BCUT2D eigenvalue weighted by atomic mass is 32.2. The van der Waals surface area contributed by atoms with Gasteiger partial charge in [0.15, 0.2) is 0 Å². The summed E-state index contributed by atoms with van der Waals surface area (Å²) in [6, 6.07) is 16.2. The SMILES string of the molecule is Cc1ccc(SCc2ccccc2)c(CC(=O)O)c1. The van der Waals surface area contributed by atoms with E-state index in [-0.39, 0.29) is 6.42 Å². The van der Waals surface area contributed by atoms with Crippen LogP contribution in [-0.2, 0) is 17.0 Å². The van der Waals surface area contributed by atoms with Gasteiger partial charge in [0.1, 0.15) is 0 Å². The summed E-state index contributed by atoms with van der Waals surface area (Å²) in [7, 11) is 0. The van der Waals surface area contributed by atoms with Crippen molar-refractivity contribution in [2.75, 3.05) is 0 Å². The molecule has 0 aliphatic carbocycles. The molecule has 2 rings (SSSR count). The maximum Gasteiger partial charge on any atom is 0.307 e. The zero-order chi connectivity index (χ0) is 13.7. The van der Waals surface area contributed by atoms with Crippen LogP contribution in [0.4, 0.5) is 0 Å². The molecule has 2 nitrogen and oxygen atoms in total. The second-order valence-electron chi connectivity index (χ2n) is 4.46. The second-order valence-corrected chi connectivity index (χ2v) is 5.47. The van der Waals surface area contributed by atoms with Gasteiger partial charge in [0.25, 0.3) is 0 Å². The van der Waals surface area contributed by atoms with Crippen molar-refractivity contribution in [3.63, 3.8) is 0 Å². The molecule has 0 spiro atoms. The van der Waals surface area contributed by atoms with E-state index in [9.17, 15) is 4.79 Å². The van der Waals surface area contributed by atoms with Gasteiger partial charge in [-0.25, -0.2) is 0 Å². The lowest BCUT2D eigenvalue weighted by molar-refractivity contribution is -0.136. The molecule has 1 N–H and O–H groups in total. The molecule has 0 aliphatic rings. The van der Waals surface area contributed by atoms with Crippen molar-refractivity contribution in [1.82, 2.24) is 0 Å². The lowest BCUT2D eigenvalue weighted by Crippen LogP contribution is -2.02. The molecule has 0 amide bonds. The zero-order valence-corrected chi connectivity index (χ0v) is 11.6. The summed E-state index contributed by atoms with van der Waals surface area (Å²) in [5.74, 6) is 0.0726. The summed E-state index contributed by atoms with van der Waals surface area (Å²) in [4.78, 5) is 11.9. The Morgan fingerprint density at radius 1 is 1.16 bits per heavy atom. The van der Waals surface area contributed by atoms with Crippen molar-refractivity contribution >= 4 is 17.7 Å². The van der Waals surface area contributed by atoms with E-state index in [0.29, 0.717) is 0 Å². The maximum atomic E-state index is 10.9. The summed E-state index contributed by atoms with van der Waals surface area (Å²) >= 11 is 1.69. The summed E-state index contributed by atoms with van der Waals surface area (Å²) in [6.45, 7) is 1.98. The molecule has 2 aromatic rings. The van der Waals surface area contributed by atoms with Crippen LogP contribution in [0.2, 0.25) is 0 Å². The minimum Gasteiger partial charge on any atom is -0.481 e. The molecule has 0 saturated carbocycles. The van der Waals surface area contributed by atoms with Crippen molar-refractivity contribution in [3.8, 4) is 0 Å². The molecule has 19 heavy (non-hydrogen) atoms. The van der Waals surface area contributed by atoms with E-state index >= 15 is 0 Å². The Morgan fingerprint density at radius 2 is 1.89 bits per heavy atom. The molecule has 0 saturated heterocycles. The molecular formula is C16H16O2S. The lowest BCUT2D eigenvalue weighted by atomic mass is 10.1. The Kier molecular flexibility index (Phi) is 4.63. The first kappa shape index (κ1) is 13.7. The van der Waals surface area contributed by atoms with Crippen LogP contribution in [-0.4, -0.2) is 11.1 Å². The zero-order valence-electron chi connectivity index (χ0n) is 10.8. The van der Waals surface area contributed by atoms with Crippen LogP contribution in [0.5, 0.6) is 0 Å². The standard InChI is InChI=1S/C16H16O2S/c1-12-7-8-15(14(9-12)10-16(17)18)19-11-13-5-3-2-4-6-13/h2-9H,10-11H2,1H3,(H,17,18). The van der Waals surface area contributed by atoms with Gasteiger partial charge in [-0.15, -0.1) is 11.8 Å². The predicted octanol–water partition coefficient (Wildman–Crippen LogP) is 3.91. The minimum atomic E-state index is -0.785. The molecule has 3 heteroatoms. The van der Waals surface area contributed by atoms with E-state index in [0.717, 1.165) is 21.8 Å². The van der Waals surface area contributed by atoms with Gasteiger partial charge in [0.2, 0.25) is 0 Å². The third kappa shape index (κ3) is 4.14. The summed E-state index contributed by atoms with van der Waals surface area (Å²) in [6.07, 6.45) is 0.0821. The molecule has 2 aromatic carbocycles. The molecule has 0 aromatic heterocycles. The Balaban J connectivity index is 2.13. The van der Waals surface area contributed by atoms with E-state index < -0.39 is 5.97 Å². The van der Waals surface area contributed by atoms with E-state index in [1.807, 2.05) is 43.3 Å². The van der Waals surface area contributed by atoms with Gasteiger partial charge in [-0.2, -0.15) is 0 Å². The third-order valence-electron chi connectivity index (χ3n) is 2.79.